The molecule has 0 radical (unpaired) electrons. The standard InChI is InChI=1S/C11H22N2O3/c1-4-6-13(7-9-16-3)11(14)10(12)5-8-15-2/h4,10H,1,5-9,12H2,2-3H3. The van der Waals surface area contributed by atoms with E-state index >= 15 is 0 Å². The van der Waals surface area contributed by atoms with Crippen molar-refractivity contribution < 1.29 is 14.3 Å². The molecular formula is C11H22N2O3. The minimum Gasteiger partial charge on any atom is -0.385 e. The molecule has 0 saturated carbocycles. The van der Waals surface area contributed by atoms with E-state index in [9.17, 15) is 4.79 Å². The summed E-state index contributed by atoms with van der Waals surface area (Å²) in [6, 6.07) is -0.517. The van der Waals surface area contributed by atoms with Crippen LogP contribution in [0.1, 0.15) is 6.42 Å². The van der Waals surface area contributed by atoms with E-state index in [1.807, 2.05) is 0 Å². The summed E-state index contributed by atoms with van der Waals surface area (Å²) >= 11 is 0. The van der Waals surface area contributed by atoms with Gasteiger partial charge in [-0.3, -0.25) is 4.79 Å². The molecule has 1 unspecified atom stereocenters. The van der Waals surface area contributed by atoms with Crippen LogP contribution in [0.4, 0.5) is 0 Å². The van der Waals surface area contributed by atoms with E-state index in [0.29, 0.717) is 32.7 Å². The number of hydrogen-bond acceptors (Lipinski definition) is 4. The minimum atomic E-state index is -0.517. The van der Waals surface area contributed by atoms with Crippen LogP contribution in [0.3, 0.4) is 0 Å². The van der Waals surface area contributed by atoms with Gasteiger partial charge in [-0.15, -0.1) is 6.58 Å². The summed E-state index contributed by atoms with van der Waals surface area (Å²) in [6.45, 7) is 5.61. The van der Waals surface area contributed by atoms with Crippen LogP contribution in [0.5, 0.6) is 0 Å². The molecule has 0 aromatic carbocycles. The lowest BCUT2D eigenvalue weighted by Crippen LogP contribution is -2.45. The van der Waals surface area contributed by atoms with Crippen LogP contribution >= 0.6 is 0 Å². The summed E-state index contributed by atoms with van der Waals surface area (Å²) in [4.78, 5) is 13.5. The number of amides is 1. The van der Waals surface area contributed by atoms with E-state index < -0.39 is 6.04 Å². The molecule has 0 aromatic rings. The van der Waals surface area contributed by atoms with Crippen molar-refractivity contribution in [1.29, 1.82) is 0 Å². The quantitative estimate of drug-likeness (QED) is 0.567. The lowest BCUT2D eigenvalue weighted by molar-refractivity contribution is -0.133. The number of nitrogens with two attached hydrogens (primary N) is 1. The zero-order chi connectivity index (χ0) is 12.4. The van der Waals surface area contributed by atoms with E-state index in [-0.39, 0.29) is 5.91 Å². The maximum absolute atomic E-state index is 11.9. The molecule has 1 atom stereocenters. The number of nitrogens with zero attached hydrogens (tertiary/aromatic N) is 1. The highest BCUT2D eigenvalue weighted by atomic mass is 16.5. The fourth-order valence-corrected chi connectivity index (χ4v) is 1.25. The largest absolute Gasteiger partial charge is 0.385 e. The highest BCUT2D eigenvalue weighted by molar-refractivity contribution is 5.81. The van der Waals surface area contributed by atoms with Gasteiger partial charge in [0.05, 0.1) is 12.6 Å². The Morgan fingerprint density at radius 1 is 1.44 bits per heavy atom. The Hall–Kier alpha value is -0.910. The van der Waals surface area contributed by atoms with Gasteiger partial charge in [-0.05, 0) is 6.42 Å². The maximum atomic E-state index is 11.9. The van der Waals surface area contributed by atoms with Crippen molar-refractivity contribution in [2.45, 2.75) is 12.5 Å². The Labute approximate surface area is 97.2 Å². The summed E-state index contributed by atoms with van der Waals surface area (Å²) in [5.74, 6) is -0.0889. The molecule has 0 aliphatic carbocycles. The number of ether oxygens (including phenoxy) is 2. The zero-order valence-electron chi connectivity index (χ0n) is 10.1. The van der Waals surface area contributed by atoms with Gasteiger partial charge in [0.2, 0.25) is 5.91 Å². The monoisotopic (exact) mass is 230 g/mol. The van der Waals surface area contributed by atoms with Crippen LogP contribution in [-0.2, 0) is 14.3 Å². The first-order valence-corrected chi connectivity index (χ1v) is 5.30. The lowest BCUT2D eigenvalue weighted by atomic mass is 10.2. The van der Waals surface area contributed by atoms with Crippen molar-refractivity contribution in [3.63, 3.8) is 0 Å². The summed E-state index contributed by atoms with van der Waals surface area (Å²) in [6.07, 6.45) is 2.20. The third kappa shape index (κ3) is 5.85. The molecule has 5 nitrogen and oxygen atoms in total. The Morgan fingerprint density at radius 3 is 2.56 bits per heavy atom. The molecule has 2 N–H and O–H groups in total. The number of rotatable bonds is 9. The predicted octanol–water partition coefficient (Wildman–Crippen LogP) is 0.0112. The molecule has 0 rings (SSSR count). The molecule has 0 saturated heterocycles. The lowest BCUT2D eigenvalue weighted by Gasteiger charge is -2.24. The highest BCUT2D eigenvalue weighted by Gasteiger charge is 2.19. The van der Waals surface area contributed by atoms with Gasteiger partial charge in [-0.2, -0.15) is 0 Å². The molecule has 0 spiro atoms. The van der Waals surface area contributed by atoms with E-state index in [4.69, 9.17) is 15.2 Å². The van der Waals surface area contributed by atoms with E-state index in [1.54, 1.807) is 25.2 Å². The second kappa shape index (κ2) is 9.33. The van der Waals surface area contributed by atoms with Crippen LogP contribution < -0.4 is 5.73 Å². The summed E-state index contributed by atoms with van der Waals surface area (Å²) in [5, 5.41) is 0. The Kier molecular flexibility index (Phi) is 8.80. The molecule has 16 heavy (non-hydrogen) atoms. The average molecular weight is 230 g/mol. The van der Waals surface area contributed by atoms with Crippen molar-refractivity contribution in [1.82, 2.24) is 4.90 Å². The van der Waals surface area contributed by atoms with E-state index in [2.05, 4.69) is 6.58 Å². The molecule has 0 aromatic heterocycles. The first kappa shape index (κ1) is 15.1. The molecule has 0 aliphatic heterocycles. The van der Waals surface area contributed by atoms with Gasteiger partial charge < -0.3 is 20.1 Å². The van der Waals surface area contributed by atoms with Crippen LogP contribution in [0.15, 0.2) is 12.7 Å². The van der Waals surface area contributed by atoms with Crippen molar-refractivity contribution >= 4 is 5.91 Å². The molecular weight excluding hydrogens is 208 g/mol. The first-order chi connectivity index (χ1) is 7.67. The predicted molar refractivity (Wildman–Crippen MR) is 63.1 cm³/mol. The van der Waals surface area contributed by atoms with Gasteiger partial charge in [-0.25, -0.2) is 0 Å². The maximum Gasteiger partial charge on any atom is 0.239 e. The van der Waals surface area contributed by atoms with E-state index in [0.717, 1.165) is 0 Å². The second-order valence-electron chi connectivity index (χ2n) is 3.45. The van der Waals surface area contributed by atoms with Crippen LogP contribution in [0.2, 0.25) is 0 Å². The smallest absolute Gasteiger partial charge is 0.239 e. The third-order valence-electron chi connectivity index (χ3n) is 2.18. The van der Waals surface area contributed by atoms with Gasteiger partial charge in [0.25, 0.3) is 0 Å². The van der Waals surface area contributed by atoms with Crippen molar-refractivity contribution in [2.24, 2.45) is 5.73 Å². The Balaban J connectivity index is 4.17. The second-order valence-corrected chi connectivity index (χ2v) is 3.45. The fraction of sp³-hybridized carbons (Fsp3) is 0.727. The minimum absolute atomic E-state index is 0.0889. The van der Waals surface area contributed by atoms with Crippen LogP contribution in [-0.4, -0.2) is 57.4 Å². The van der Waals surface area contributed by atoms with Crippen molar-refractivity contribution in [3.05, 3.63) is 12.7 Å². The Bertz CT molecular complexity index is 209. The van der Waals surface area contributed by atoms with Gasteiger partial charge in [0, 0.05) is 33.9 Å². The van der Waals surface area contributed by atoms with E-state index in [1.165, 1.54) is 0 Å². The molecule has 0 bridgehead atoms. The number of hydrogen-bond donors (Lipinski definition) is 1. The van der Waals surface area contributed by atoms with Crippen molar-refractivity contribution in [2.75, 3.05) is 40.5 Å². The Morgan fingerprint density at radius 2 is 2.06 bits per heavy atom. The number of methoxy groups -OCH3 is 2. The molecule has 0 aliphatic rings. The van der Waals surface area contributed by atoms with Crippen LogP contribution in [0.25, 0.3) is 0 Å². The van der Waals surface area contributed by atoms with Gasteiger partial charge in [0.15, 0.2) is 0 Å². The van der Waals surface area contributed by atoms with Gasteiger partial charge in [0.1, 0.15) is 0 Å². The van der Waals surface area contributed by atoms with Gasteiger partial charge in [-0.1, -0.05) is 6.08 Å². The molecule has 0 heterocycles. The normalized spacial score (nSPS) is 12.2. The molecule has 94 valence electrons. The topological polar surface area (TPSA) is 64.8 Å². The first-order valence-electron chi connectivity index (χ1n) is 5.30. The third-order valence-corrected chi connectivity index (χ3v) is 2.18. The summed E-state index contributed by atoms with van der Waals surface area (Å²) in [5.41, 5.74) is 5.76. The number of carbonyl (C=O) groups is 1. The molecule has 0 fully saturated rings. The molecule has 1 amide bonds. The van der Waals surface area contributed by atoms with Crippen LogP contribution in [0, 0.1) is 0 Å². The number of carbonyl (C=O) groups excluding carboxylic acids is 1. The zero-order valence-corrected chi connectivity index (χ0v) is 10.1. The SMILES string of the molecule is C=CCN(CCOC)C(=O)C(N)CCOC. The summed E-state index contributed by atoms with van der Waals surface area (Å²) < 4.78 is 9.82. The average Bonchev–Trinajstić information content (AvgIpc) is 2.30. The van der Waals surface area contributed by atoms with Crippen molar-refractivity contribution in [3.8, 4) is 0 Å². The van der Waals surface area contributed by atoms with Gasteiger partial charge >= 0.3 is 0 Å². The summed E-state index contributed by atoms with van der Waals surface area (Å²) in [7, 11) is 3.19. The highest BCUT2D eigenvalue weighted by Crippen LogP contribution is 1.98. The molecule has 5 heteroatoms. The fourth-order valence-electron chi connectivity index (χ4n) is 1.25.